The van der Waals surface area contributed by atoms with Crippen LogP contribution in [0.3, 0.4) is 0 Å². The monoisotopic (exact) mass is 373 g/mol. The normalized spacial score (nSPS) is 13.7. The number of halogens is 1. The molecule has 2 aromatic carbocycles. The SMILES string of the molecule is C=CCOC[C@H](O)CN(Cc1ccc2c(c1)OCO2)Cc1ccccc1F. The van der Waals surface area contributed by atoms with E-state index in [0.29, 0.717) is 37.6 Å². The number of aliphatic hydroxyl groups is 1. The fraction of sp³-hybridized carbons (Fsp3) is 0.333. The van der Waals surface area contributed by atoms with Crippen molar-refractivity contribution in [1.82, 2.24) is 4.90 Å². The number of rotatable bonds is 10. The molecule has 0 amide bonds. The number of hydrogen-bond donors (Lipinski definition) is 1. The third kappa shape index (κ3) is 5.53. The Morgan fingerprint density at radius 2 is 2.00 bits per heavy atom. The highest BCUT2D eigenvalue weighted by molar-refractivity contribution is 5.44. The molecule has 1 aliphatic rings. The first kappa shape index (κ1) is 19.4. The maximum atomic E-state index is 14.1. The Bertz CT molecular complexity index is 768. The van der Waals surface area contributed by atoms with Crippen molar-refractivity contribution in [2.45, 2.75) is 19.2 Å². The highest BCUT2D eigenvalue weighted by atomic mass is 19.1. The van der Waals surface area contributed by atoms with Gasteiger partial charge in [0, 0.05) is 25.2 Å². The van der Waals surface area contributed by atoms with E-state index in [1.807, 2.05) is 23.1 Å². The van der Waals surface area contributed by atoms with Crippen LogP contribution in [0.15, 0.2) is 55.1 Å². The summed E-state index contributed by atoms with van der Waals surface area (Å²) < 4.78 is 30.2. The molecule has 1 aliphatic heterocycles. The van der Waals surface area contributed by atoms with Gasteiger partial charge in [0.2, 0.25) is 6.79 Å². The molecule has 27 heavy (non-hydrogen) atoms. The smallest absolute Gasteiger partial charge is 0.231 e. The van der Waals surface area contributed by atoms with Crippen LogP contribution in [0.25, 0.3) is 0 Å². The fourth-order valence-corrected chi connectivity index (χ4v) is 2.99. The summed E-state index contributed by atoms with van der Waals surface area (Å²) >= 11 is 0. The van der Waals surface area contributed by atoms with Gasteiger partial charge in [-0.1, -0.05) is 30.3 Å². The predicted octanol–water partition coefficient (Wildman–Crippen LogP) is 3.12. The zero-order chi connectivity index (χ0) is 19.1. The molecule has 0 aliphatic carbocycles. The van der Waals surface area contributed by atoms with Crippen LogP contribution in [0, 0.1) is 5.82 Å². The zero-order valence-corrected chi connectivity index (χ0v) is 15.1. The molecular formula is C21H24FNO4. The van der Waals surface area contributed by atoms with Gasteiger partial charge in [-0.2, -0.15) is 0 Å². The lowest BCUT2D eigenvalue weighted by atomic mass is 10.1. The Balaban J connectivity index is 1.70. The standard InChI is InChI=1S/C21H24FNO4/c1-2-9-25-14-18(24)13-23(12-17-5-3-4-6-19(17)22)11-16-7-8-20-21(10-16)27-15-26-20/h2-8,10,18,24H,1,9,11-15H2/t18-/m1/s1. The van der Waals surface area contributed by atoms with Crippen LogP contribution in [0.4, 0.5) is 4.39 Å². The minimum absolute atomic E-state index is 0.195. The molecule has 0 radical (unpaired) electrons. The van der Waals surface area contributed by atoms with Gasteiger partial charge in [0.25, 0.3) is 0 Å². The van der Waals surface area contributed by atoms with Crippen molar-refractivity contribution in [2.24, 2.45) is 0 Å². The molecular weight excluding hydrogens is 349 g/mol. The van der Waals surface area contributed by atoms with E-state index in [-0.39, 0.29) is 19.2 Å². The molecule has 0 bridgehead atoms. The van der Waals surface area contributed by atoms with E-state index in [2.05, 4.69) is 6.58 Å². The van der Waals surface area contributed by atoms with Crippen molar-refractivity contribution in [3.63, 3.8) is 0 Å². The van der Waals surface area contributed by atoms with E-state index in [9.17, 15) is 9.50 Å². The first-order valence-electron chi connectivity index (χ1n) is 8.86. The van der Waals surface area contributed by atoms with Gasteiger partial charge in [0.15, 0.2) is 11.5 Å². The zero-order valence-electron chi connectivity index (χ0n) is 15.1. The van der Waals surface area contributed by atoms with Gasteiger partial charge in [-0.25, -0.2) is 4.39 Å². The van der Waals surface area contributed by atoms with Gasteiger partial charge in [-0.3, -0.25) is 4.90 Å². The fourth-order valence-electron chi connectivity index (χ4n) is 2.99. The van der Waals surface area contributed by atoms with Crippen LogP contribution in [0.2, 0.25) is 0 Å². The molecule has 5 nitrogen and oxygen atoms in total. The Labute approximate surface area is 158 Å². The predicted molar refractivity (Wildman–Crippen MR) is 100 cm³/mol. The molecule has 6 heteroatoms. The lowest BCUT2D eigenvalue weighted by Crippen LogP contribution is -2.34. The number of nitrogens with zero attached hydrogens (tertiary/aromatic N) is 1. The van der Waals surface area contributed by atoms with Gasteiger partial charge >= 0.3 is 0 Å². The molecule has 1 heterocycles. The van der Waals surface area contributed by atoms with Crippen molar-refractivity contribution in [2.75, 3.05) is 26.6 Å². The molecule has 2 aromatic rings. The maximum absolute atomic E-state index is 14.1. The second kappa shape index (κ2) is 9.50. The highest BCUT2D eigenvalue weighted by Gasteiger charge is 2.18. The van der Waals surface area contributed by atoms with Crippen molar-refractivity contribution in [3.05, 3.63) is 72.1 Å². The molecule has 0 saturated carbocycles. The van der Waals surface area contributed by atoms with Crippen LogP contribution in [-0.4, -0.2) is 42.7 Å². The van der Waals surface area contributed by atoms with Crippen molar-refractivity contribution in [3.8, 4) is 11.5 Å². The van der Waals surface area contributed by atoms with Crippen LogP contribution in [0.1, 0.15) is 11.1 Å². The summed E-state index contributed by atoms with van der Waals surface area (Å²) in [5, 5.41) is 10.3. The van der Waals surface area contributed by atoms with Gasteiger partial charge < -0.3 is 19.3 Å². The minimum Gasteiger partial charge on any atom is -0.454 e. The van der Waals surface area contributed by atoms with Crippen LogP contribution < -0.4 is 9.47 Å². The summed E-state index contributed by atoms with van der Waals surface area (Å²) in [7, 11) is 0. The lowest BCUT2D eigenvalue weighted by Gasteiger charge is -2.25. The van der Waals surface area contributed by atoms with Crippen LogP contribution in [-0.2, 0) is 17.8 Å². The third-order valence-electron chi connectivity index (χ3n) is 4.21. The maximum Gasteiger partial charge on any atom is 0.231 e. The number of hydrogen-bond acceptors (Lipinski definition) is 5. The van der Waals surface area contributed by atoms with E-state index in [0.717, 1.165) is 11.3 Å². The van der Waals surface area contributed by atoms with Crippen LogP contribution in [0.5, 0.6) is 11.5 Å². The second-order valence-electron chi connectivity index (χ2n) is 6.43. The molecule has 1 N–H and O–H groups in total. The van der Waals surface area contributed by atoms with E-state index in [1.54, 1.807) is 24.3 Å². The summed E-state index contributed by atoms with van der Waals surface area (Å²) in [6, 6.07) is 12.4. The Morgan fingerprint density at radius 1 is 1.19 bits per heavy atom. The largest absolute Gasteiger partial charge is 0.454 e. The van der Waals surface area contributed by atoms with E-state index >= 15 is 0 Å². The third-order valence-corrected chi connectivity index (χ3v) is 4.21. The van der Waals surface area contributed by atoms with Crippen molar-refractivity contribution in [1.29, 1.82) is 0 Å². The van der Waals surface area contributed by atoms with Crippen molar-refractivity contribution >= 4 is 0 Å². The summed E-state index contributed by atoms with van der Waals surface area (Å²) in [6.45, 7) is 5.64. The highest BCUT2D eigenvalue weighted by Crippen LogP contribution is 2.33. The molecule has 0 aromatic heterocycles. The minimum atomic E-state index is -0.689. The first-order valence-corrected chi connectivity index (χ1v) is 8.86. The molecule has 1 atom stereocenters. The number of fused-ring (bicyclic) bond motifs is 1. The molecule has 144 valence electrons. The Kier molecular flexibility index (Phi) is 6.81. The summed E-state index contributed by atoms with van der Waals surface area (Å²) in [5.41, 5.74) is 1.58. The van der Waals surface area contributed by atoms with Gasteiger partial charge in [0.1, 0.15) is 5.82 Å². The number of benzene rings is 2. The van der Waals surface area contributed by atoms with Crippen molar-refractivity contribution < 1.29 is 23.7 Å². The lowest BCUT2D eigenvalue weighted by molar-refractivity contribution is 0.0226. The number of aliphatic hydroxyl groups excluding tert-OH is 1. The molecule has 3 rings (SSSR count). The van der Waals surface area contributed by atoms with Gasteiger partial charge in [-0.05, 0) is 23.8 Å². The second-order valence-corrected chi connectivity index (χ2v) is 6.43. The average molecular weight is 373 g/mol. The van der Waals surface area contributed by atoms with Gasteiger partial charge in [-0.15, -0.1) is 6.58 Å². The average Bonchev–Trinajstić information content (AvgIpc) is 3.11. The van der Waals surface area contributed by atoms with Gasteiger partial charge in [0.05, 0.1) is 19.3 Å². The Morgan fingerprint density at radius 3 is 2.81 bits per heavy atom. The first-order chi connectivity index (χ1) is 13.2. The van der Waals surface area contributed by atoms with E-state index in [4.69, 9.17) is 14.2 Å². The quantitative estimate of drug-likeness (QED) is 0.512. The molecule has 0 fully saturated rings. The van der Waals surface area contributed by atoms with E-state index < -0.39 is 6.10 Å². The summed E-state index contributed by atoms with van der Waals surface area (Å²) in [6.07, 6.45) is 0.946. The summed E-state index contributed by atoms with van der Waals surface area (Å²) in [5.74, 6) is 1.16. The molecule has 0 spiro atoms. The Hall–Kier alpha value is -2.41. The van der Waals surface area contributed by atoms with Crippen LogP contribution >= 0.6 is 0 Å². The molecule has 0 saturated heterocycles. The number of ether oxygens (including phenoxy) is 3. The van der Waals surface area contributed by atoms with E-state index in [1.165, 1.54) is 6.07 Å². The molecule has 0 unspecified atom stereocenters. The topological polar surface area (TPSA) is 51.2 Å². The summed E-state index contributed by atoms with van der Waals surface area (Å²) in [4.78, 5) is 1.98.